The molecule has 0 bridgehead atoms. The fraction of sp³-hybridized carbons (Fsp3) is 0.400. The fourth-order valence-electron chi connectivity index (χ4n) is 4.73. The quantitative estimate of drug-likeness (QED) is 0.414. The maximum atomic E-state index is 13.7. The van der Waals surface area contributed by atoms with E-state index in [1.165, 1.54) is 6.33 Å². The highest BCUT2D eigenvalue weighted by Crippen LogP contribution is 2.29. The molecule has 0 radical (unpaired) electrons. The molecule has 2 N–H and O–H groups in total. The number of nitrogens with one attached hydrogen (secondary N) is 2. The molecule has 2 heterocycles. The molecule has 9 nitrogen and oxygen atoms in total. The first-order valence-corrected chi connectivity index (χ1v) is 13.4. The van der Waals surface area contributed by atoms with Crippen LogP contribution in [0.4, 0.5) is 0 Å². The van der Waals surface area contributed by atoms with Gasteiger partial charge in [0.15, 0.2) is 5.69 Å². The Morgan fingerprint density at radius 1 is 1.03 bits per heavy atom. The third-order valence-electron chi connectivity index (χ3n) is 6.83. The number of carbonyl (C=O) groups is 3. The van der Waals surface area contributed by atoms with Crippen molar-refractivity contribution in [1.29, 1.82) is 0 Å². The molecule has 39 heavy (non-hydrogen) atoms. The smallest absolute Gasteiger partial charge is 0.273 e. The van der Waals surface area contributed by atoms with Crippen molar-refractivity contribution in [2.75, 3.05) is 6.54 Å². The number of hydrogen-bond donors (Lipinski definition) is 2. The van der Waals surface area contributed by atoms with E-state index in [1.54, 1.807) is 16.4 Å². The summed E-state index contributed by atoms with van der Waals surface area (Å²) in [6, 6.07) is 15.4. The zero-order valence-electron chi connectivity index (χ0n) is 23.3. The largest absolute Gasteiger partial charge is 0.491 e. The zero-order chi connectivity index (χ0) is 28.2. The van der Waals surface area contributed by atoms with Gasteiger partial charge in [-0.15, -0.1) is 0 Å². The van der Waals surface area contributed by atoms with Crippen molar-refractivity contribution in [2.24, 2.45) is 0 Å². The van der Waals surface area contributed by atoms with E-state index >= 15 is 0 Å². The third-order valence-corrected chi connectivity index (χ3v) is 6.83. The Morgan fingerprint density at radius 2 is 1.64 bits per heavy atom. The molecule has 206 valence electrons. The minimum atomic E-state index is -1.13. The molecule has 9 heteroatoms. The van der Waals surface area contributed by atoms with Crippen LogP contribution in [0.25, 0.3) is 0 Å². The summed E-state index contributed by atoms with van der Waals surface area (Å²) < 4.78 is 7.28. The number of imidazole rings is 1. The maximum Gasteiger partial charge on any atom is 0.273 e. The van der Waals surface area contributed by atoms with Crippen molar-refractivity contribution in [1.82, 2.24) is 25.1 Å². The number of benzene rings is 2. The zero-order valence-corrected chi connectivity index (χ0v) is 23.3. The average Bonchev–Trinajstić information content (AvgIpc) is 3.33. The van der Waals surface area contributed by atoms with Crippen LogP contribution in [-0.4, -0.2) is 50.4 Å². The summed E-state index contributed by atoms with van der Waals surface area (Å²) in [6.07, 6.45) is 2.21. The Kier molecular flexibility index (Phi) is 8.38. The lowest BCUT2D eigenvalue weighted by Gasteiger charge is -2.43. The van der Waals surface area contributed by atoms with Crippen LogP contribution in [0, 0.1) is 6.92 Å². The molecule has 0 aliphatic carbocycles. The molecule has 3 aromatic rings. The van der Waals surface area contributed by atoms with E-state index in [9.17, 15) is 14.4 Å². The predicted molar refractivity (Wildman–Crippen MR) is 148 cm³/mol. The first-order chi connectivity index (χ1) is 18.6. The first kappa shape index (κ1) is 27.9. The normalized spacial score (nSPS) is 16.7. The van der Waals surface area contributed by atoms with Gasteiger partial charge in [0, 0.05) is 19.6 Å². The van der Waals surface area contributed by atoms with Gasteiger partial charge in [-0.05, 0) is 57.4 Å². The van der Waals surface area contributed by atoms with Gasteiger partial charge in [-0.2, -0.15) is 0 Å². The topological polar surface area (TPSA) is 106 Å². The summed E-state index contributed by atoms with van der Waals surface area (Å²) in [6.45, 7) is 10.9. The fourth-order valence-corrected chi connectivity index (χ4v) is 4.73. The van der Waals surface area contributed by atoms with E-state index in [0.717, 1.165) is 22.4 Å². The number of nitrogens with zero attached hydrogens (tertiary/aromatic N) is 3. The molecule has 0 saturated heterocycles. The highest BCUT2D eigenvalue weighted by atomic mass is 16.5. The van der Waals surface area contributed by atoms with Crippen molar-refractivity contribution in [3.05, 3.63) is 82.9 Å². The Balaban J connectivity index is 1.48. The number of rotatable bonds is 10. The molecule has 1 aliphatic rings. The second kappa shape index (κ2) is 11.7. The standard InChI is InChI=1S/C30H37N5O4/c1-6-15-35-28(37)26-25(27(36)31-16-23-11-13-24(14-12-23)39-20(2)3)33-19-34(26)18-30(35,5)29(38)32-17-22-9-7-21(4)8-10-22/h7-14,19-20H,6,15-18H2,1-5H3,(H,31,36)(H,32,38). The number of fused-ring (bicyclic) bond motifs is 1. The summed E-state index contributed by atoms with van der Waals surface area (Å²) in [5, 5.41) is 5.86. The minimum absolute atomic E-state index is 0.0583. The van der Waals surface area contributed by atoms with Crippen molar-refractivity contribution in [2.45, 2.75) is 72.3 Å². The second-order valence-corrected chi connectivity index (χ2v) is 10.5. The molecule has 2 aromatic carbocycles. The molecule has 1 aliphatic heterocycles. The van der Waals surface area contributed by atoms with Crippen LogP contribution in [0.3, 0.4) is 0 Å². The second-order valence-electron chi connectivity index (χ2n) is 10.5. The number of hydrogen-bond acceptors (Lipinski definition) is 5. The van der Waals surface area contributed by atoms with E-state index in [-0.39, 0.29) is 42.4 Å². The molecule has 0 fully saturated rings. The summed E-state index contributed by atoms with van der Waals surface area (Å²) in [5.41, 5.74) is 2.15. The number of ether oxygens (including phenoxy) is 1. The van der Waals surface area contributed by atoms with Crippen LogP contribution < -0.4 is 15.4 Å². The van der Waals surface area contributed by atoms with Crippen LogP contribution >= 0.6 is 0 Å². The monoisotopic (exact) mass is 531 g/mol. The van der Waals surface area contributed by atoms with Crippen LogP contribution in [0.2, 0.25) is 0 Å². The van der Waals surface area contributed by atoms with E-state index in [4.69, 9.17) is 4.74 Å². The molecule has 3 amide bonds. The van der Waals surface area contributed by atoms with Crippen LogP contribution in [0.5, 0.6) is 5.75 Å². The molecule has 4 rings (SSSR count). The van der Waals surface area contributed by atoms with Gasteiger partial charge in [0.1, 0.15) is 17.0 Å². The summed E-state index contributed by atoms with van der Waals surface area (Å²) in [7, 11) is 0. The van der Waals surface area contributed by atoms with E-state index in [0.29, 0.717) is 19.5 Å². The molecular formula is C30H37N5O4. The summed E-state index contributed by atoms with van der Waals surface area (Å²) in [5.74, 6) is -0.312. The molecule has 1 aromatic heterocycles. The van der Waals surface area contributed by atoms with E-state index in [2.05, 4.69) is 15.6 Å². The molecule has 0 saturated carbocycles. The summed E-state index contributed by atoms with van der Waals surface area (Å²) >= 11 is 0. The Morgan fingerprint density at radius 3 is 2.26 bits per heavy atom. The SMILES string of the molecule is CCCN1C(=O)c2c(C(=O)NCc3ccc(OC(C)C)cc3)ncn2CC1(C)C(=O)NCc1ccc(C)cc1. The number of aryl methyl sites for hydroxylation is 1. The van der Waals surface area contributed by atoms with Gasteiger partial charge in [-0.3, -0.25) is 14.4 Å². The minimum Gasteiger partial charge on any atom is -0.491 e. The van der Waals surface area contributed by atoms with Crippen molar-refractivity contribution in [3.8, 4) is 5.75 Å². The summed E-state index contributed by atoms with van der Waals surface area (Å²) in [4.78, 5) is 46.1. The van der Waals surface area contributed by atoms with Crippen molar-refractivity contribution < 1.29 is 19.1 Å². The van der Waals surface area contributed by atoms with Gasteiger partial charge in [0.2, 0.25) is 5.91 Å². The first-order valence-electron chi connectivity index (χ1n) is 13.4. The predicted octanol–water partition coefficient (Wildman–Crippen LogP) is 3.85. The van der Waals surface area contributed by atoms with E-state index < -0.39 is 11.4 Å². The van der Waals surface area contributed by atoms with Gasteiger partial charge in [0.05, 0.1) is 19.0 Å². The number of carbonyl (C=O) groups excluding carboxylic acids is 3. The Hall–Kier alpha value is -4.14. The van der Waals surface area contributed by atoms with Gasteiger partial charge < -0.3 is 24.8 Å². The third kappa shape index (κ3) is 6.13. The lowest BCUT2D eigenvalue weighted by Crippen LogP contribution is -2.64. The number of amides is 3. The van der Waals surface area contributed by atoms with Gasteiger partial charge in [-0.1, -0.05) is 48.9 Å². The van der Waals surface area contributed by atoms with Gasteiger partial charge in [-0.25, -0.2) is 4.98 Å². The van der Waals surface area contributed by atoms with Crippen molar-refractivity contribution in [3.63, 3.8) is 0 Å². The Labute approximate surface area is 229 Å². The van der Waals surface area contributed by atoms with Crippen LogP contribution in [-0.2, 0) is 24.4 Å². The van der Waals surface area contributed by atoms with E-state index in [1.807, 2.05) is 76.2 Å². The maximum absolute atomic E-state index is 13.7. The van der Waals surface area contributed by atoms with Crippen LogP contribution in [0.15, 0.2) is 54.9 Å². The lowest BCUT2D eigenvalue weighted by molar-refractivity contribution is -0.133. The molecule has 1 unspecified atom stereocenters. The highest BCUT2D eigenvalue weighted by molar-refractivity contribution is 6.07. The van der Waals surface area contributed by atoms with Gasteiger partial charge >= 0.3 is 0 Å². The Bertz CT molecular complexity index is 1330. The van der Waals surface area contributed by atoms with Gasteiger partial charge in [0.25, 0.3) is 11.8 Å². The molecular weight excluding hydrogens is 494 g/mol. The highest BCUT2D eigenvalue weighted by Gasteiger charge is 2.48. The van der Waals surface area contributed by atoms with Crippen molar-refractivity contribution >= 4 is 17.7 Å². The van der Waals surface area contributed by atoms with Crippen LogP contribution in [0.1, 0.15) is 71.8 Å². The average molecular weight is 532 g/mol. The lowest BCUT2D eigenvalue weighted by atomic mass is 9.93. The number of aromatic nitrogens is 2. The molecule has 1 atom stereocenters. The molecule has 0 spiro atoms.